The Balaban J connectivity index is 1.31. The number of carbonyl (C=O) groups is 2. The van der Waals surface area contributed by atoms with Crippen molar-refractivity contribution in [3.8, 4) is 0 Å². The fraction of sp³-hybridized carbons (Fsp3) is 0.448. The lowest BCUT2D eigenvalue weighted by Crippen LogP contribution is -2.56. The fourth-order valence-corrected chi connectivity index (χ4v) is 4.81. The quantitative estimate of drug-likeness (QED) is 0.326. The monoisotopic (exact) mass is 491 g/mol. The number of hydrogen-bond acceptors (Lipinski definition) is 7. The maximum Gasteiger partial charge on any atom is 0.322 e. The van der Waals surface area contributed by atoms with Crippen molar-refractivity contribution in [3.63, 3.8) is 0 Å². The molecule has 2 aliphatic rings. The number of nitrogens with one attached hydrogen (secondary N) is 1. The second-order valence-corrected chi connectivity index (χ2v) is 9.83. The van der Waals surface area contributed by atoms with Crippen LogP contribution in [-0.4, -0.2) is 73.2 Å². The smallest absolute Gasteiger partial charge is 0.322 e. The third-order valence-corrected chi connectivity index (χ3v) is 7.36. The number of carbonyl (C=O) groups excluding carboxylic acids is 2. The summed E-state index contributed by atoms with van der Waals surface area (Å²) < 4.78 is 11.8. The number of piperazine rings is 1. The third kappa shape index (κ3) is 6.03. The van der Waals surface area contributed by atoms with Crippen LogP contribution in [0.15, 0.2) is 72.8 Å². The first kappa shape index (κ1) is 26.1. The lowest BCUT2D eigenvalue weighted by Gasteiger charge is -2.42. The molecule has 2 heterocycles. The topological polar surface area (TPSA) is 71.1 Å². The summed E-state index contributed by atoms with van der Waals surface area (Å²) in [6.07, 6.45) is -0.410. The number of Topliss-reactive ketones (excluding diaryl/α,β-unsaturated/α-hetero) is 1. The van der Waals surface area contributed by atoms with Crippen molar-refractivity contribution in [2.75, 3.05) is 44.7 Å². The summed E-state index contributed by atoms with van der Waals surface area (Å²) in [5.74, 6) is -0.827. The number of nitrogens with zero attached hydrogens (tertiary/aromatic N) is 2. The maximum absolute atomic E-state index is 13.3. The highest BCUT2D eigenvalue weighted by atomic mass is 16.5. The Morgan fingerprint density at radius 3 is 2.33 bits per heavy atom. The summed E-state index contributed by atoms with van der Waals surface area (Å²) in [6.45, 7) is 12.8. The summed E-state index contributed by atoms with van der Waals surface area (Å²) >= 11 is 0. The number of para-hydroxylation sites is 1. The van der Waals surface area contributed by atoms with E-state index in [1.54, 1.807) is 6.92 Å². The molecule has 0 spiro atoms. The van der Waals surface area contributed by atoms with E-state index in [2.05, 4.69) is 33.8 Å². The van der Waals surface area contributed by atoms with Gasteiger partial charge in [0.05, 0.1) is 18.9 Å². The van der Waals surface area contributed by atoms with E-state index in [4.69, 9.17) is 9.47 Å². The molecule has 0 radical (unpaired) electrons. The zero-order valence-corrected chi connectivity index (χ0v) is 21.3. The van der Waals surface area contributed by atoms with Crippen LogP contribution < -0.4 is 5.32 Å². The normalized spacial score (nSPS) is 25.5. The summed E-state index contributed by atoms with van der Waals surface area (Å²) in [4.78, 5) is 31.3. The van der Waals surface area contributed by atoms with Crippen molar-refractivity contribution in [2.45, 2.75) is 39.1 Å². The Labute approximate surface area is 214 Å². The summed E-state index contributed by atoms with van der Waals surface area (Å²) in [7, 11) is 0. The number of benzene rings is 2. The minimum Gasteiger partial charge on any atom is -0.460 e. The minimum atomic E-state index is -1.40. The van der Waals surface area contributed by atoms with Crippen LogP contribution in [-0.2, 0) is 25.7 Å². The SMILES string of the molecule is C=C1C(=O)[C@](C)(C(=O)OCc2ccccc2)[C@@H](CCN2CCN(CNc3ccccc3)CC2)O[C@H]1C. The van der Waals surface area contributed by atoms with Gasteiger partial charge < -0.3 is 19.7 Å². The minimum absolute atomic E-state index is 0.121. The molecule has 4 rings (SSSR count). The predicted octanol–water partition coefficient (Wildman–Crippen LogP) is 3.73. The Bertz CT molecular complexity index is 1040. The Kier molecular flexibility index (Phi) is 8.56. The molecule has 0 amide bonds. The summed E-state index contributed by atoms with van der Waals surface area (Å²) in [5.41, 5.74) is 0.917. The Morgan fingerprint density at radius 1 is 1.06 bits per heavy atom. The third-order valence-electron chi connectivity index (χ3n) is 7.36. The first-order chi connectivity index (χ1) is 17.4. The summed E-state index contributed by atoms with van der Waals surface area (Å²) in [6, 6.07) is 19.7. The second-order valence-electron chi connectivity index (χ2n) is 9.83. The van der Waals surface area contributed by atoms with Crippen molar-refractivity contribution in [1.29, 1.82) is 0 Å². The molecule has 7 nitrogen and oxygen atoms in total. The van der Waals surface area contributed by atoms with Gasteiger partial charge in [0.1, 0.15) is 6.61 Å². The predicted molar refractivity (Wildman–Crippen MR) is 140 cm³/mol. The summed E-state index contributed by atoms with van der Waals surface area (Å²) in [5, 5.41) is 3.46. The molecule has 2 aliphatic heterocycles. The van der Waals surface area contributed by atoms with Gasteiger partial charge in [0.2, 0.25) is 0 Å². The molecule has 2 aromatic carbocycles. The first-order valence-electron chi connectivity index (χ1n) is 12.7. The van der Waals surface area contributed by atoms with E-state index in [9.17, 15) is 9.59 Å². The van der Waals surface area contributed by atoms with Gasteiger partial charge in [0.15, 0.2) is 11.2 Å². The van der Waals surface area contributed by atoms with E-state index in [1.807, 2.05) is 55.5 Å². The number of rotatable bonds is 9. The van der Waals surface area contributed by atoms with E-state index in [0.717, 1.165) is 50.6 Å². The highest BCUT2D eigenvalue weighted by molar-refractivity contribution is 6.13. The van der Waals surface area contributed by atoms with Crippen LogP contribution in [0.5, 0.6) is 0 Å². The zero-order valence-electron chi connectivity index (χ0n) is 21.3. The Morgan fingerprint density at radius 2 is 1.67 bits per heavy atom. The standard InChI is InChI=1S/C29H37N3O4/c1-22-23(2)36-26(29(3,27(22)33)28(34)35-20-24-10-6-4-7-11-24)14-15-31-16-18-32(19-17-31)21-30-25-12-8-5-9-13-25/h4-13,23,26,30H,1,14-21H2,2-3H3/t23-,26+,29+/m0/s1. The van der Waals surface area contributed by atoms with E-state index in [-0.39, 0.29) is 12.4 Å². The van der Waals surface area contributed by atoms with Crippen LogP contribution in [0.4, 0.5) is 5.69 Å². The van der Waals surface area contributed by atoms with Gasteiger partial charge in [-0.15, -0.1) is 0 Å². The van der Waals surface area contributed by atoms with Gasteiger partial charge in [-0.2, -0.15) is 0 Å². The zero-order chi connectivity index (χ0) is 25.5. The second kappa shape index (κ2) is 11.8. The molecule has 0 unspecified atom stereocenters. The van der Waals surface area contributed by atoms with Crippen LogP contribution in [0.2, 0.25) is 0 Å². The average Bonchev–Trinajstić information content (AvgIpc) is 2.92. The van der Waals surface area contributed by atoms with E-state index in [1.165, 1.54) is 0 Å². The fourth-order valence-electron chi connectivity index (χ4n) is 4.81. The lowest BCUT2D eigenvalue weighted by molar-refractivity contribution is -0.178. The molecule has 0 saturated carbocycles. The molecule has 0 aliphatic carbocycles. The van der Waals surface area contributed by atoms with Crippen molar-refractivity contribution in [1.82, 2.24) is 9.80 Å². The number of anilines is 1. The van der Waals surface area contributed by atoms with Crippen LogP contribution in [0.25, 0.3) is 0 Å². The number of esters is 1. The van der Waals surface area contributed by atoms with Crippen LogP contribution in [0.3, 0.4) is 0 Å². The van der Waals surface area contributed by atoms with Gasteiger partial charge in [-0.25, -0.2) is 0 Å². The van der Waals surface area contributed by atoms with E-state index >= 15 is 0 Å². The molecule has 2 saturated heterocycles. The van der Waals surface area contributed by atoms with E-state index in [0.29, 0.717) is 12.0 Å². The molecular weight excluding hydrogens is 454 g/mol. The molecule has 192 valence electrons. The lowest BCUT2D eigenvalue weighted by atomic mass is 9.73. The molecule has 2 fully saturated rings. The average molecular weight is 492 g/mol. The molecule has 2 aromatic rings. The van der Waals surface area contributed by atoms with Crippen LogP contribution in [0.1, 0.15) is 25.8 Å². The first-order valence-corrected chi connectivity index (χ1v) is 12.7. The molecule has 7 heteroatoms. The van der Waals surface area contributed by atoms with Crippen molar-refractivity contribution in [2.24, 2.45) is 5.41 Å². The van der Waals surface area contributed by atoms with Gasteiger partial charge >= 0.3 is 5.97 Å². The van der Waals surface area contributed by atoms with Crippen molar-refractivity contribution < 1.29 is 19.1 Å². The molecule has 0 bridgehead atoms. The van der Waals surface area contributed by atoms with Crippen LogP contribution in [0, 0.1) is 5.41 Å². The molecular formula is C29H37N3O4. The van der Waals surface area contributed by atoms with Crippen molar-refractivity contribution in [3.05, 3.63) is 78.4 Å². The van der Waals surface area contributed by atoms with Crippen molar-refractivity contribution >= 4 is 17.4 Å². The number of ketones is 1. The van der Waals surface area contributed by atoms with Crippen LogP contribution >= 0.6 is 0 Å². The van der Waals surface area contributed by atoms with Gasteiger partial charge in [-0.3, -0.25) is 14.5 Å². The number of hydrogen-bond donors (Lipinski definition) is 1. The molecule has 0 aromatic heterocycles. The van der Waals surface area contributed by atoms with Gasteiger partial charge in [0.25, 0.3) is 0 Å². The van der Waals surface area contributed by atoms with Gasteiger partial charge in [-0.1, -0.05) is 55.1 Å². The largest absolute Gasteiger partial charge is 0.460 e. The molecule has 1 N–H and O–H groups in total. The molecule has 3 atom stereocenters. The number of ether oxygens (including phenoxy) is 2. The Hall–Kier alpha value is -3.00. The van der Waals surface area contributed by atoms with E-state index < -0.39 is 23.6 Å². The molecule has 36 heavy (non-hydrogen) atoms. The highest BCUT2D eigenvalue weighted by Crippen LogP contribution is 2.39. The van der Waals surface area contributed by atoms with Gasteiger partial charge in [0, 0.05) is 44.0 Å². The highest BCUT2D eigenvalue weighted by Gasteiger charge is 2.55. The maximum atomic E-state index is 13.3. The van der Waals surface area contributed by atoms with Gasteiger partial charge in [-0.05, 0) is 38.0 Å².